The Kier molecular flexibility index (Phi) is 4.10. The van der Waals surface area contributed by atoms with Crippen LogP contribution in [0.5, 0.6) is 5.75 Å². The number of hydrogen-bond acceptors (Lipinski definition) is 4. The van der Waals surface area contributed by atoms with Crippen molar-refractivity contribution < 1.29 is 19.4 Å². The number of carboxylic acids is 1. The molecule has 1 rings (SSSR count). The zero-order valence-corrected chi connectivity index (χ0v) is 10.1. The number of amides is 1. The molecular weight excluding hydrogens is 286 g/mol. The summed E-state index contributed by atoms with van der Waals surface area (Å²) in [4.78, 5) is 22.0. The van der Waals surface area contributed by atoms with Gasteiger partial charge in [-0.15, -0.1) is 11.3 Å². The number of aliphatic carboxylic acids is 1. The molecule has 15 heavy (non-hydrogen) atoms. The first-order valence-corrected chi connectivity index (χ1v) is 5.49. The van der Waals surface area contributed by atoms with Crippen LogP contribution in [0.2, 0.25) is 0 Å². The van der Waals surface area contributed by atoms with E-state index in [1.54, 1.807) is 6.07 Å². The van der Waals surface area contributed by atoms with Gasteiger partial charge in [0.05, 0.1) is 12.0 Å². The molecular formula is C8H8BrNO4S. The van der Waals surface area contributed by atoms with E-state index in [2.05, 4.69) is 21.2 Å². The Morgan fingerprint density at radius 1 is 1.67 bits per heavy atom. The summed E-state index contributed by atoms with van der Waals surface area (Å²) in [5.74, 6) is -0.946. The molecule has 1 aromatic rings. The predicted molar refractivity (Wildman–Crippen MR) is 58.5 cm³/mol. The second-order valence-corrected chi connectivity index (χ2v) is 4.90. The van der Waals surface area contributed by atoms with Crippen molar-refractivity contribution in [1.29, 1.82) is 0 Å². The van der Waals surface area contributed by atoms with Crippen molar-refractivity contribution in [2.75, 3.05) is 13.7 Å². The van der Waals surface area contributed by atoms with Gasteiger partial charge in [0.25, 0.3) is 5.91 Å². The van der Waals surface area contributed by atoms with Gasteiger partial charge in [0.15, 0.2) is 0 Å². The average Bonchev–Trinajstić information content (AvgIpc) is 2.56. The van der Waals surface area contributed by atoms with Crippen LogP contribution in [0.3, 0.4) is 0 Å². The van der Waals surface area contributed by atoms with E-state index in [4.69, 9.17) is 9.84 Å². The lowest BCUT2D eigenvalue weighted by molar-refractivity contribution is -0.135. The van der Waals surface area contributed by atoms with E-state index in [1.165, 1.54) is 18.4 Å². The summed E-state index contributed by atoms with van der Waals surface area (Å²) < 4.78 is 5.67. The minimum absolute atomic E-state index is 0.392. The van der Waals surface area contributed by atoms with Gasteiger partial charge in [0, 0.05) is 6.07 Å². The van der Waals surface area contributed by atoms with Gasteiger partial charge < -0.3 is 15.2 Å². The summed E-state index contributed by atoms with van der Waals surface area (Å²) in [5.41, 5.74) is 0. The Morgan fingerprint density at radius 3 is 2.80 bits per heavy atom. The van der Waals surface area contributed by atoms with Crippen molar-refractivity contribution in [3.63, 3.8) is 0 Å². The maximum atomic E-state index is 11.4. The highest BCUT2D eigenvalue weighted by atomic mass is 79.9. The van der Waals surface area contributed by atoms with Gasteiger partial charge in [-0.2, -0.15) is 0 Å². The molecule has 0 radical (unpaired) electrons. The van der Waals surface area contributed by atoms with E-state index in [9.17, 15) is 9.59 Å². The summed E-state index contributed by atoms with van der Waals surface area (Å²) in [7, 11) is 1.49. The number of carbonyl (C=O) groups is 2. The van der Waals surface area contributed by atoms with Crippen molar-refractivity contribution in [2.45, 2.75) is 0 Å². The van der Waals surface area contributed by atoms with Gasteiger partial charge in [-0.1, -0.05) is 0 Å². The van der Waals surface area contributed by atoms with Crippen LogP contribution in [0.1, 0.15) is 9.67 Å². The van der Waals surface area contributed by atoms with Gasteiger partial charge in [0.2, 0.25) is 0 Å². The molecule has 1 amide bonds. The lowest BCUT2D eigenvalue weighted by Gasteiger charge is -1.97. The summed E-state index contributed by atoms with van der Waals surface area (Å²) in [6.45, 7) is -0.392. The number of hydrogen-bond donors (Lipinski definition) is 2. The number of halogens is 1. The minimum Gasteiger partial charge on any atom is -0.495 e. The highest BCUT2D eigenvalue weighted by Crippen LogP contribution is 2.34. The fourth-order valence-electron chi connectivity index (χ4n) is 0.846. The average molecular weight is 294 g/mol. The number of ether oxygens (including phenoxy) is 1. The van der Waals surface area contributed by atoms with Crippen LogP contribution < -0.4 is 10.1 Å². The third-order valence-corrected chi connectivity index (χ3v) is 3.28. The second kappa shape index (κ2) is 5.13. The van der Waals surface area contributed by atoms with Crippen molar-refractivity contribution in [3.05, 3.63) is 14.7 Å². The van der Waals surface area contributed by atoms with E-state index in [0.29, 0.717) is 14.4 Å². The Balaban J connectivity index is 2.69. The van der Waals surface area contributed by atoms with E-state index in [1.807, 2.05) is 0 Å². The summed E-state index contributed by atoms with van der Waals surface area (Å²) in [6, 6.07) is 1.55. The van der Waals surface area contributed by atoms with E-state index in [0.717, 1.165) is 0 Å². The molecule has 0 bridgehead atoms. The van der Waals surface area contributed by atoms with Crippen LogP contribution >= 0.6 is 27.3 Å². The first-order valence-electron chi connectivity index (χ1n) is 3.88. The highest BCUT2D eigenvalue weighted by molar-refractivity contribution is 9.11. The quantitative estimate of drug-likeness (QED) is 0.878. The zero-order chi connectivity index (χ0) is 11.4. The highest BCUT2D eigenvalue weighted by Gasteiger charge is 2.13. The summed E-state index contributed by atoms with van der Waals surface area (Å²) in [5, 5.41) is 10.6. The van der Waals surface area contributed by atoms with Crippen LogP contribution in [0.15, 0.2) is 9.85 Å². The maximum absolute atomic E-state index is 11.4. The largest absolute Gasteiger partial charge is 0.495 e. The van der Waals surface area contributed by atoms with Crippen LogP contribution in [0.25, 0.3) is 0 Å². The van der Waals surface area contributed by atoms with Crippen LogP contribution in [-0.2, 0) is 4.79 Å². The molecule has 0 aliphatic carbocycles. The number of thiophene rings is 1. The maximum Gasteiger partial charge on any atom is 0.322 e. The van der Waals surface area contributed by atoms with E-state index in [-0.39, 0.29) is 0 Å². The van der Waals surface area contributed by atoms with E-state index >= 15 is 0 Å². The third kappa shape index (κ3) is 3.21. The summed E-state index contributed by atoms with van der Waals surface area (Å²) >= 11 is 4.41. The Labute approximate surface area is 98.2 Å². The van der Waals surface area contributed by atoms with E-state index < -0.39 is 18.4 Å². The molecule has 0 aliphatic heterocycles. The van der Waals surface area contributed by atoms with Gasteiger partial charge in [-0.05, 0) is 15.9 Å². The number of methoxy groups -OCH3 is 1. The molecule has 0 aromatic carbocycles. The van der Waals surface area contributed by atoms with Crippen LogP contribution in [0.4, 0.5) is 0 Å². The third-order valence-electron chi connectivity index (χ3n) is 1.50. The van der Waals surface area contributed by atoms with Crippen LogP contribution in [-0.4, -0.2) is 30.6 Å². The molecule has 7 heteroatoms. The number of carbonyl (C=O) groups excluding carboxylic acids is 1. The molecule has 0 unspecified atom stereocenters. The predicted octanol–water partition coefficient (Wildman–Crippen LogP) is 1.33. The van der Waals surface area contributed by atoms with Crippen molar-refractivity contribution >= 4 is 39.1 Å². The Bertz CT molecular complexity index is 390. The molecule has 0 saturated carbocycles. The Morgan fingerprint density at radius 2 is 2.33 bits per heavy atom. The standard InChI is InChI=1S/C8H8BrNO4S/c1-14-4-2-5(15-7(4)9)8(13)10-3-6(11)12/h2H,3H2,1H3,(H,10,13)(H,11,12). The van der Waals surface area contributed by atoms with Crippen molar-refractivity contribution in [2.24, 2.45) is 0 Å². The minimum atomic E-state index is -1.08. The molecule has 2 N–H and O–H groups in total. The van der Waals surface area contributed by atoms with Crippen molar-refractivity contribution in [3.8, 4) is 5.75 Å². The second-order valence-electron chi connectivity index (χ2n) is 2.53. The fraction of sp³-hybridized carbons (Fsp3) is 0.250. The lowest BCUT2D eigenvalue weighted by Crippen LogP contribution is -2.28. The molecule has 1 heterocycles. The smallest absolute Gasteiger partial charge is 0.322 e. The number of carboxylic acid groups (broad SMARTS) is 1. The van der Waals surface area contributed by atoms with Gasteiger partial charge in [-0.3, -0.25) is 9.59 Å². The molecule has 0 aliphatic rings. The molecule has 0 fully saturated rings. The molecule has 82 valence electrons. The number of rotatable bonds is 4. The fourth-order valence-corrected chi connectivity index (χ4v) is 2.41. The molecule has 0 saturated heterocycles. The first-order chi connectivity index (χ1) is 7.04. The SMILES string of the molecule is COc1cc(C(=O)NCC(=O)O)sc1Br. The first kappa shape index (κ1) is 12.0. The van der Waals surface area contributed by atoms with Crippen molar-refractivity contribution in [1.82, 2.24) is 5.32 Å². The van der Waals surface area contributed by atoms with Crippen LogP contribution in [0, 0.1) is 0 Å². The lowest BCUT2D eigenvalue weighted by atomic mass is 10.4. The molecule has 0 atom stereocenters. The monoisotopic (exact) mass is 293 g/mol. The van der Waals surface area contributed by atoms with Gasteiger partial charge in [-0.25, -0.2) is 0 Å². The van der Waals surface area contributed by atoms with Gasteiger partial charge >= 0.3 is 5.97 Å². The van der Waals surface area contributed by atoms with Gasteiger partial charge in [0.1, 0.15) is 16.1 Å². The molecule has 1 aromatic heterocycles. The summed E-state index contributed by atoms with van der Waals surface area (Å²) in [6.07, 6.45) is 0. The Hall–Kier alpha value is -1.08. The molecule has 5 nitrogen and oxygen atoms in total. The zero-order valence-electron chi connectivity index (χ0n) is 7.74. The molecule has 0 spiro atoms. The topological polar surface area (TPSA) is 75.6 Å². The normalized spacial score (nSPS) is 9.73. The number of nitrogens with one attached hydrogen (secondary N) is 1.